The number of hydrogen-bond donors (Lipinski definition) is 1. The standard InChI is InChI=1S/C10H11N5O3/c1-7-2-3-8(15(16)17)10(14-7)11-5-4-9-12-6-13-18-9/h2-3,6H,4-5H2,1H3,(H,11,14). The third-order valence-corrected chi connectivity index (χ3v) is 2.25. The third kappa shape index (κ3) is 2.78. The summed E-state index contributed by atoms with van der Waals surface area (Å²) in [5.74, 6) is 0.720. The van der Waals surface area contributed by atoms with Crippen molar-refractivity contribution in [3.8, 4) is 0 Å². The summed E-state index contributed by atoms with van der Waals surface area (Å²) in [5.41, 5.74) is 0.659. The van der Waals surface area contributed by atoms with Crippen molar-refractivity contribution in [3.05, 3.63) is 40.2 Å². The lowest BCUT2D eigenvalue weighted by molar-refractivity contribution is -0.384. The fraction of sp³-hybridized carbons (Fsp3) is 0.300. The number of aryl methyl sites for hydroxylation is 1. The van der Waals surface area contributed by atoms with Gasteiger partial charge in [0.05, 0.1) is 4.92 Å². The number of nitrogens with one attached hydrogen (secondary N) is 1. The Balaban J connectivity index is 2.03. The highest BCUT2D eigenvalue weighted by Gasteiger charge is 2.14. The molecular formula is C10H11N5O3. The van der Waals surface area contributed by atoms with E-state index in [4.69, 9.17) is 4.52 Å². The molecule has 0 saturated carbocycles. The summed E-state index contributed by atoms with van der Waals surface area (Å²) in [6.45, 7) is 2.20. The minimum atomic E-state index is -0.471. The summed E-state index contributed by atoms with van der Waals surface area (Å²) in [4.78, 5) is 18.3. The number of aromatic nitrogens is 3. The highest BCUT2D eigenvalue weighted by Crippen LogP contribution is 2.21. The molecule has 8 heteroatoms. The molecule has 18 heavy (non-hydrogen) atoms. The Bertz CT molecular complexity index is 540. The molecule has 0 aliphatic heterocycles. The second-order valence-electron chi connectivity index (χ2n) is 3.59. The van der Waals surface area contributed by atoms with E-state index in [1.807, 2.05) is 0 Å². The van der Waals surface area contributed by atoms with Crippen LogP contribution < -0.4 is 5.32 Å². The smallest absolute Gasteiger partial charge is 0.311 e. The van der Waals surface area contributed by atoms with Gasteiger partial charge in [-0.2, -0.15) is 4.98 Å². The van der Waals surface area contributed by atoms with Crippen LogP contribution in [0.1, 0.15) is 11.6 Å². The molecule has 0 atom stereocenters. The van der Waals surface area contributed by atoms with Gasteiger partial charge in [0, 0.05) is 24.7 Å². The first-order valence-corrected chi connectivity index (χ1v) is 5.28. The summed E-state index contributed by atoms with van der Waals surface area (Å²) in [6.07, 6.45) is 1.79. The van der Waals surface area contributed by atoms with Crippen molar-refractivity contribution in [3.63, 3.8) is 0 Å². The molecule has 0 unspecified atom stereocenters. The van der Waals surface area contributed by atoms with Crippen LogP contribution in [0.4, 0.5) is 11.5 Å². The van der Waals surface area contributed by atoms with Crippen molar-refractivity contribution in [2.24, 2.45) is 0 Å². The largest absolute Gasteiger partial charge is 0.364 e. The second kappa shape index (κ2) is 5.21. The van der Waals surface area contributed by atoms with E-state index in [9.17, 15) is 10.1 Å². The van der Waals surface area contributed by atoms with Crippen LogP contribution in [0, 0.1) is 17.0 Å². The molecule has 0 radical (unpaired) electrons. The molecule has 2 aromatic heterocycles. The van der Waals surface area contributed by atoms with E-state index in [1.165, 1.54) is 12.4 Å². The van der Waals surface area contributed by atoms with Gasteiger partial charge in [-0.1, -0.05) is 5.16 Å². The lowest BCUT2D eigenvalue weighted by Gasteiger charge is -2.05. The number of pyridine rings is 1. The minimum absolute atomic E-state index is 0.0499. The molecule has 0 bridgehead atoms. The summed E-state index contributed by atoms with van der Waals surface area (Å²) in [6, 6.07) is 3.03. The number of nitrogens with zero attached hydrogens (tertiary/aromatic N) is 4. The first kappa shape index (κ1) is 12.0. The van der Waals surface area contributed by atoms with Crippen LogP contribution in [0.5, 0.6) is 0 Å². The lowest BCUT2D eigenvalue weighted by Crippen LogP contribution is -2.09. The number of rotatable bonds is 5. The van der Waals surface area contributed by atoms with Gasteiger partial charge in [-0.25, -0.2) is 4.98 Å². The van der Waals surface area contributed by atoms with Gasteiger partial charge in [0.1, 0.15) is 0 Å². The zero-order valence-corrected chi connectivity index (χ0v) is 9.66. The molecule has 1 N–H and O–H groups in total. The molecule has 0 saturated heterocycles. The molecule has 0 aromatic carbocycles. The molecule has 94 valence electrons. The zero-order valence-electron chi connectivity index (χ0n) is 9.66. The van der Waals surface area contributed by atoms with Crippen LogP contribution in [-0.2, 0) is 6.42 Å². The van der Waals surface area contributed by atoms with Gasteiger partial charge in [0.2, 0.25) is 11.7 Å². The van der Waals surface area contributed by atoms with Gasteiger partial charge in [0.15, 0.2) is 6.33 Å². The van der Waals surface area contributed by atoms with Crippen molar-refractivity contribution < 1.29 is 9.45 Å². The molecule has 2 aromatic rings. The fourth-order valence-electron chi connectivity index (χ4n) is 1.42. The molecule has 2 rings (SSSR count). The number of nitro groups is 1. The third-order valence-electron chi connectivity index (χ3n) is 2.25. The SMILES string of the molecule is Cc1ccc([N+](=O)[O-])c(NCCc2ncno2)n1. The number of hydrogen-bond acceptors (Lipinski definition) is 7. The van der Waals surface area contributed by atoms with E-state index in [-0.39, 0.29) is 11.5 Å². The van der Waals surface area contributed by atoms with Crippen LogP contribution in [0.2, 0.25) is 0 Å². The Hall–Kier alpha value is -2.51. The molecule has 8 nitrogen and oxygen atoms in total. The van der Waals surface area contributed by atoms with Gasteiger partial charge in [-0.3, -0.25) is 10.1 Å². The summed E-state index contributed by atoms with van der Waals surface area (Å²) in [7, 11) is 0. The van der Waals surface area contributed by atoms with E-state index in [2.05, 4.69) is 20.4 Å². The molecule has 2 heterocycles. The van der Waals surface area contributed by atoms with Crippen molar-refractivity contribution in [1.82, 2.24) is 15.1 Å². The predicted octanol–water partition coefficient (Wildman–Crippen LogP) is 1.34. The quantitative estimate of drug-likeness (QED) is 0.629. The minimum Gasteiger partial charge on any atom is -0.364 e. The van der Waals surface area contributed by atoms with Crippen molar-refractivity contribution >= 4 is 11.5 Å². The maximum absolute atomic E-state index is 10.8. The maximum Gasteiger partial charge on any atom is 0.311 e. The number of anilines is 1. The monoisotopic (exact) mass is 249 g/mol. The Morgan fingerprint density at radius 1 is 1.50 bits per heavy atom. The average molecular weight is 249 g/mol. The Morgan fingerprint density at radius 2 is 2.33 bits per heavy atom. The Labute approximate surface area is 102 Å². The summed E-state index contributed by atoms with van der Waals surface area (Å²) in [5, 5.41) is 17.2. The highest BCUT2D eigenvalue weighted by molar-refractivity contribution is 5.56. The van der Waals surface area contributed by atoms with Crippen LogP contribution in [0.25, 0.3) is 0 Å². The fourth-order valence-corrected chi connectivity index (χ4v) is 1.42. The highest BCUT2D eigenvalue weighted by atomic mass is 16.6. The van der Waals surface area contributed by atoms with Crippen LogP contribution in [-0.4, -0.2) is 26.6 Å². The summed E-state index contributed by atoms with van der Waals surface area (Å²) < 4.78 is 4.82. The van der Waals surface area contributed by atoms with Crippen LogP contribution in [0.15, 0.2) is 23.0 Å². The van der Waals surface area contributed by atoms with Gasteiger partial charge >= 0.3 is 5.69 Å². The maximum atomic E-state index is 10.8. The van der Waals surface area contributed by atoms with E-state index < -0.39 is 4.92 Å². The molecule has 0 spiro atoms. The molecule has 0 aliphatic rings. The molecule has 0 amide bonds. The average Bonchev–Trinajstić information content (AvgIpc) is 2.82. The van der Waals surface area contributed by atoms with Gasteiger partial charge in [0.25, 0.3) is 0 Å². The van der Waals surface area contributed by atoms with E-state index in [0.29, 0.717) is 24.6 Å². The van der Waals surface area contributed by atoms with Crippen LogP contribution in [0.3, 0.4) is 0 Å². The topological polar surface area (TPSA) is 107 Å². The first-order chi connectivity index (χ1) is 8.66. The Morgan fingerprint density at radius 3 is 3.00 bits per heavy atom. The second-order valence-corrected chi connectivity index (χ2v) is 3.59. The molecule has 0 fully saturated rings. The van der Waals surface area contributed by atoms with E-state index >= 15 is 0 Å². The molecular weight excluding hydrogens is 238 g/mol. The first-order valence-electron chi connectivity index (χ1n) is 5.28. The van der Waals surface area contributed by atoms with Gasteiger partial charge < -0.3 is 9.84 Å². The molecule has 0 aliphatic carbocycles. The predicted molar refractivity (Wildman–Crippen MR) is 62.1 cm³/mol. The van der Waals surface area contributed by atoms with Crippen LogP contribution >= 0.6 is 0 Å². The van der Waals surface area contributed by atoms with Crippen molar-refractivity contribution in [2.75, 3.05) is 11.9 Å². The van der Waals surface area contributed by atoms with Crippen molar-refractivity contribution in [1.29, 1.82) is 0 Å². The lowest BCUT2D eigenvalue weighted by atomic mass is 10.3. The summed E-state index contributed by atoms with van der Waals surface area (Å²) >= 11 is 0. The van der Waals surface area contributed by atoms with E-state index in [0.717, 1.165) is 0 Å². The Kier molecular flexibility index (Phi) is 3.46. The van der Waals surface area contributed by atoms with Crippen molar-refractivity contribution in [2.45, 2.75) is 13.3 Å². The van der Waals surface area contributed by atoms with Gasteiger partial charge in [-0.05, 0) is 13.0 Å². The van der Waals surface area contributed by atoms with E-state index in [1.54, 1.807) is 13.0 Å². The normalized spacial score (nSPS) is 10.3. The van der Waals surface area contributed by atoms with Gasteiger partial charge in [-0.15, -0.1) is 0 Å². The zero-order chi connectivity index (χ0) is 13.0.